The van der Waals surface area contributed by atoms with Gasteiger partial charge in [-0.3, -0.25) is 4.79 Å². The van der Waals surface area contributed by atoms with Gasteiger partial charge in [-0.05, 0) is 19.4 Å². The molecule has 31 heavy (non-hydrogen) atoms. The van der Waals surface area contributed by atoms with Crippen molar-refractivity contribution in [2.24, 2.45) is 0 Å². The Morgan fingerprint density at radius 3 is 2.58 bits per heavy atom. The number of nitrogens with one attached hydrogen (secondary N) is 2. The highest BCUT2D eigenvalue weighted by Crippen LogP contribution is 2.13. The number of aliphatic carboxylic acids is 1. The predicted molar refractivity (Wildman–Crippen MR) is 105 cm³/mol. The van der Waals surface area contributed by atoms with E-state index in [1.165, 1.54) is 0 Å². The number of imidazole rings is 1. The Balaban J connectivity index is 0.000000423. The second kappa shape index (κ2) is 11.8. The fourth-order valence-electron chi connectivity index (χ4n) is 2.65. The molecule has 1 amide bonds. The summed E-state index contributed by atoms with van der Waals surface area (Å²) >= 11 is 0. The van der Waals surface area contributed by atoms with Gasteiger partial charge >= 0.3 is 12.1 Å². The lowest BCUT2D eigenvalue weighted by Gasteiger charge is -2.20. The second-order valence-corrected chi connectivity index (χ2v) is 6.56. The molecule has 3 rings (SSSR count). The van der Waals surface area contributed by atoms with Crippen molar-refractivity contribution in [3.63, 3.8) is 0 Å². The zero-order valence-electron chi connectivity index (χ0n) is 16.7. The van der Waals surface area contributed by atoms with Crippen molar-refractivity contribution in [3.8, 4) is 0 Å². The number of halogens is 3. The molecule has 0 atom stereocenters. The number of anilines is 1. The van der Waals surface area contributed by atoms with Crippen LogP contribution in [0.3, 0.4) is 0 Å². The lowest BCUT2D eigenvalue weighted by Crippen LogP contribution is -2.29. The Labute approximate surface area is 176 Å². The predicted octanol–water partition coefficient (Wildman–Crippen LogP) is 0.926. The van der Waals surface area contributed by atoms with Crippen LogP contribution in [0.2, 0.25) is 0 Å². The summed E-state index contributed by atoms with van der Waals surface area (Å²) in [6.45, 7) is 5.27. The summed E-state index contributed by atoms with van der Waals surface area (Å²) in [5.41, 5.74) is 0.356. The summed E-state index contributed by atoms with van der Waals surface area (Å²) in [6, 6.07) is 0. The Hall–Kier alpha value is -3.22. The van der Waals surface area contributed by atoms with E-state index in [1.807, 2.05) is 10.8 Å². The maximum absolute atomic E-state index is 12.1. The van der Waals surface area contributed by atoms with Crippen LogP contribution in [-0.2, 0) is 11.3 Å². The van der Waals surface area contributed by atoms with Crippen molar-refractivity contribution in [1.29, 1.82) is 0 Å². The fourth-order valence-corrected chi connectivity index (χ4v) is 2.65. The largest absolute Gasteiger partial charge is 0.490 e. The Morgan fingerprint density at radius 1 is 1.19 bits per heavy atom. The number of rotatable bonds is 6. The molecule has 3 N–H and O–H groups in total. The van der Waals surface area contributed by atoms with Crippen molar-refractivity contribution < 1.29 is 27.9 Å². The Kier molecular flexibility index (Phi) is 9.18. The molecule has 1 fully saturated rings. The topological polar surface area (TPSA) is 125 Å². The summed E-state index contributed by atoms with van der Waals surface area (Å²) in [7, 11) is 0. The first-order valence-corrected chi connectivity index (χ1v) is 9.59. The summed E-state index contributed by atoms with van der Waals surface area (Å²) < 4.78 is 33.7. The molecule has 1 saturated heterocycles. The maximum atomic E-state index is 12.1. The van der Waals surface area contributed by atoms with Gasteiger partial charge in [-0.15, -0.1) is 0 Å². The molecule has 0 aliphatic carbocycles. The minimum absolute atomic E-state index is 0.183. The number of hydrogen-bond donors (Lipinski definition) is 3. The highest BCUT2D eigenvalue weighted by atomic mass is 19.4. The summed E-state index contributed by atoms with van der Waals surface area (Å²) in [6.07, 6.45) is 5.50. The minimum atomic E-state index is -5.08. The summed E-state index contributed by atoms with van der Waals surface area (Å²) in [5.74, 6) is -2.11. The first-order valence-electron chi connectivity index (χ1n) is 9.59. The normalized spacial score (nSPS) is 14.2. The first kappa shape index (κ1) is 24.1. The van der Waals surface area contributed by atoms with Crippen molar-refractivity contribution in [3.05, 3.63) is 36.8 Å². The molecule has 0 spiro atoms. The van der Waals surface area contributed by atoms with Crippen molar-refractivity contribution >= 4 is 17.7 Å². The van der Waals surface area contributed by atoms with Crippen molar-refractivity contribution in [1.82, 2.24) is 30.2 Å². The molecule has 13 heteroatoms. The number of carboxylic acids is 1. The molecule has 0 unspecified atom stereocenters. The van der Waals surface area contributed by atoms with Gasteiger partial charge < -0.3 is 25.2 Å². The third kappa shape index (κ3) is 8.58. The lowest BCUT2D eigenvalue weighted by molar-refractivity contribution is -0.192. The highest BCUT2D eigenvalue weighted by molar-refractivity contribution is 5.91. The molecule has 10 nitrogen and oxygen atoms in total. The smallest absolute Gasteiger partial charge is 0.475 e. The molecule has 170 valence electrons. The number of carbonyl (C=O) groups is 2. The van der Waals surface area contributed by atoms with Gasteiger partial charge in [0, 0.05) is 45.1 Å². The maximum Gasteiger partial charge on any atom is 0.490 e. The molecule has 1 aliphatic heterocycles. The number of aryl methyl sites for hydroxylation is 1. The molecule has 0 bridgehead atoms. The monoisotopic (exact) mass is 443 g/mol. The van der Waals surface area contributed by atoms with Gasteiger partial charge in [-0.2, -0.15) is 13.2 Å². The van der Waals surface area contributed by atoms with Gasteiger partial charge in [0.2, 0.25) is 0 Å². The Morgan fingerprint density at radius 2 is 1.97 bits per heavy atom. The van der Waals surface area contributed by atoms with E-state index in [2.05, 4.69) is 30.5 Å². The van der Waals surface area contributed by atoms with E-state index in [-0.39, 0.29) is 5.91 Å². The number of hydrogen-bond acceptors (Lipinski definition) is 7. The van der Waals surface area contributed by atoms with E-state index in [9.17, 15) is 18.0 Å². The third-order valence-electron chi connectivity index (χ3n) is 4.22. The molecule has 0 saturated carbocycles. The zero-order chi connectivity index (χ0) is 22.7. The van der Waals surface area contributed by atoms with E-state index < -0.39 is 12.1 Å². The average Bonchev–Trinajstić information content (AvgIpc) is 3.11. The van der Waals surface area contributed by atoms with Gasteiger partial charge in [0.1, 0.15) is 11.5 Å². The number of aromatic nitrogens is 4. The number of alkyl halides is 3. The van der Waals surface area contributed by atoms with Crippen LogP contribution in [0.15, 0.2) is 31.1 Å². The average molecular weight is 443 g/mol. The quantitative estimate of drug-likeness (QED) is 0.563. The van der Waals surface area contributed by atoms with E-state index in [1.54, 1.807) is 24.9 Å². The summed E-state index contributed by atoms with van der Waals surface area (Å²) in [5, 5.41) is 13.4. The van der Waals surface area contributed by atoms with Crippen molar-refractivity contribution in [2.75, 3.05) is 37.6 Å². The third-order valence-corrected chi connectivity index (χ3v) is 4.22. The van der Waals surface area contributed by atoms with Crippen LogP contribution in [0.1, 0.15) is 23.3 Å². The highest BCUT2D eigenvalue weighted by Gasteiger charge is 2.38. The van der Waals surface area contributed by atoms with Crippen LogP contribution in [-0.4, -0.2) is 75.4 Å². The molecule has 0 radical (unpaired) electrons. The van der Waals surface area contributed by atoms with Crippen LogP contribution in [0.5, 0.6) is 0 Å². The molecule has 0 aromatic carbocycles. The molecule has 1 aliphatic rings. The van der Waals surface area contributed by atoms with Crippen LogP contribution >= 0.6 is 0 Å². The minimum Gasteiger partial charge on any atom is -0.475 e. The molecule has 2 aromatic heterocycles. The van der Waals surface area contributed by atoms with Crippen LogP contribution < -0.4 is 15.5 Å². The second-order valence-electron chi connectivity index (χ2n) is 6.56. The first-order chi connectivity index (χ1) is 14.8. The van der Waals surface area contributed by atoms with Gasteiger partial charge in [-0.1, -0.05) is 0 Å². The van der Waals surface area contributed by atoms with Gasteiger partial charge in [0.15, 0.2) is 0 Å². The Bertz CT molecular complexity index is 806. The van der Waals surface area contributed by atoms with Crippen LogP contribution in [0.25, 0.3) is 0 Å². The van der Waals surface area contributed by atoms with Crippen LogP contribution in [0.4, 0.5) is 19.0 Å². The van der Waals surface area contributed by atoms with Crippen molar-refractivity contribution in [2.45, 2.75) is 25.6 Å². The van der Waals surface area contributed by atoms with E-state index in [4.69, 9.17) is 9.90 Å². The number of amides is 1. The van der Waals surface area contributed by atoms with Crippen LogP contribution in [0, 0.1) is 0 Å². The van der Waals surface area contributed by atoms with E-state index >= 15 is 0 Å². The number of carbonyl (C=O) groups excluding carboxylic acids is 1. The van der Waals surface area contributed by atoms with Gasteiger partial charge in [0.25, 0.3) is 5.91 Å². The lowest BCUT2D eigenvalue weighted by atomic mass is 10.3. The van der Waals surface area contributed by atoms with Gasteiger partial charge in [0.05, 0.1) is 18.7 Å². The standard InChI is InChI=1S/C16H23N7O.C2HF3O2/c24-16(19-4-2-7-22-9-5-18-13-22)14-11-21-15(12-20-14)23-8-1-3-17-6-10-23;3-2(4,5)1(6)7/h5,9,11-13,17H,1-4,6-8,10H2,(H,19,24);(H,6,7). The molecule has 3 heterocycles. The molecular weight excluding hydrogens is 419 g/mol. The number of carboxylic acid groups (broad SMARTS) is 1. The van der Waals surface area contributed by atoms with E-state index in [0.29, 0.717) is 12.2 Å². The molecular formula is C18H24F3N7O3. The molecule has 2 aromatic rings. The van der Waals surface area contributed by atoms with E-state index in [0.717, 1.165) is 51.4 Å². The SMILES string of the molecule is O=C(NCCCn1ccnc1)c1cnc(N2CCCNCC2)cn1.O=C(O)C(F)(F)F. The zero-order valence-corrected chi connectivity index (χ0v) is 16.7. The number of nitrogens with zero attached hydrogens (tertiary/aromatic N) is 5. The summed E-state index contributed by atoms with van der Waals surface area (Å²) in [4.78, 5) is 35.8. The van der Waals surface area contributed by atoms with Gasteiger partial charge in [-0.25, -0.2) is 19.7 Å². The fraction of sp³-hybridized carbons (Fsp3) is 0.500.